The van der Waals surface area contributed by atoms with Crippen molar-refractivity contribution < 1.29 is 4.74 Å². The number of nitrogens with two attached hydrogens (primary N) is 1. The minimum atomic E-state index is 0.251. The van der Waals surface area contributed by atoms with Crippen LogP contribution in [0.5, 0.6) is 5.75 Å². The third kappa shape index (κ3) is 2.89. The van der Waals surface area contributed by atoms with Crippen molar-refractivity contribution in [3.05, 3.63) is 41.5 Å². The van der Waals surface area contributed by atoms with Crippen molar-refractivity contribution in [2.24, 2.45) is 11.8 Å². The van der Waals surface area contributed by atoms with E-state index >= 15 is 0 Å². The van der Waals surface area contributed by atoms with Gasteiger partial charge in [-0.1, -0.05) is 36.3 Å². The number of fused-ring (bicyclic) bond motifs is 1. The van der Waals surface area contributed by atoms with Crippen molar-refractivity contribution >= 4 is 0 Å². The molecule has 3 nitrogen and oxygen atoms in total. The van der Waals surface area contributed by atoms with Crippen LogP contribution in [0.4, 0.5) is 0 Å². The van der Waals surface area contributed by atoms with Crippen LogP contribution in [0.15, 0.2) is 35.9 Å². The number of hydrazine groups is 1. The number of allylic oxidation sites excluding steroid dienone is 1. The van der Waals surface area contributed by atoms with Crippen molar-refractivity contribution in [2.45, 2.75) is 44.6 Å². The molecule has 0 aromatic heterocycles. The highest BCUT2D eigenvalue weighted by atomic mass is 16.5. The Morgan fingerprint density at radius 3 is 3.00 bits per heavy atom. The first-order valence-electron chi connectivity index (χ1n) is 7.74. The predicted octanol–water partition coefficient (Wildman–Crippen LogP) is 2.96. The van der Waals surface area contributed by atoms with Crippen molar-refractivity contribution in [3.63, 3.8) is 0 Å². The molecule has 1 heterocycles. The van der Waals surface area contributed by atoms with Gasteiger partial charge in [-0.2, -0.15) is 0 Å². The molecule has 0 saturated heterocycles. The molecule has 108 valence electrons. The van der Waals surface area contributed by atoms with Crippen LogP contribution >= 0.6 is 0 Å². The Hall–Kier alpha value is -1.32. The Morgan fingerprint density at radius 2 is 2.10 bits per heavy atom. The molecule has 0 saturated carbocycles. The fourth-order valence-corrected chi connectivity index (χ4v) is 3.43. The SMILES string of the molecule is NNC(C1=CCCCCC1)C1COc2ccccc2C1. The van der Waals surface area contributed by atoms with Gasteiger partial charge in [-0.3, -0.25) is 11.3 Å². The van der Waals surface area contributed by atoms with Gasteiger partial charge in [0.15, 0.2) is 0 Å². The maximum Gasteiger partial charge on any atom is 0.122 e. The average Bonchev–Trinajstić information content (AvgIpc) is 2.77. The highest BCUT2D eigenvalue weighted by Crippen LogP contribution is 2.32. The van der Waals surface area contributed by atoms with Crippen LogP contribution in [0.25, 0.3) is 0 Å². The van der Waals surface area contributed by atoms with Crippen LogP contribution in [0, 0.1) is 5.92 Å². The second kappa shape index (κ2) is 6.42. The van der Waals surface area contributed by atoms with Crippen molar-refractivity contribution in [2.75, 3.05) is 6.61 Å². The zero-order valence-electron chi connectivity index (χ0n) is 12.0. The van der Waals surface area contributed by atoms with Gasteiger partial charge in [0.25, 0.3) is 0 Å². The quantitative estimate of drug-likeness (QED) is 0.505. The molecule has 2 aliphatic rings. The predicted molar refractivity (Wildman–Crippen MR) is 81.4 cm³/mol. The molecular formula is C17H24N2O. The summed E-state index contributed by atoms with van der Waals surface area (Å²) in [4.78, 5) is 0. The summed E-state index contributed by atoms with van der Waals surface area (Å²) in [6.45, 7) is 0.753. The molecule has 1 aromatic rings. The van der Waals surface area contributed by atoms with Gasteiger partial charge in [0.05, 0.1) is 6.61 Å². The molecular weight excluding hydrogens is 248 g/mol. The van der Waals surface area contributed by atoms with Crippen LogP contribution in [-0.2, 0) is 6.42 Å². The van der Waals surface area contributed by atoms with Gasteiger partial charge in [0.2, 0.25) is 0 Å². The first-order valence-corrected chi connectivity index (χ1v) is 7.74. The van der Waals surface area contributed by atoms with E-state index in [1.54, 1.807) is 0 Å². The van der Waals surface area contributed by atoms with Crippen LogP contribution in [0.2, 0.25) is 0 Å². The van der Waals surface area contributed by atoms with E-state index in [1.807, 2.05) is 6.07 Å². The average molecular weight is 272 g/mol. The summed E-state index contributed by atoms with van der Waals surface area (Å²) < 4.78 is 5.92. The Balaban J connectivity index is 1.76. The van der Waals surface area contributed by atoms with Gasteiger partial charge in [-0.15, -0.1) is 0 Å². The number of ether oxygens (including phenoxy) is 1. The largest absolute Gasteiger partial charge is 0.493 e. The second-order valence-electron chi connectivity index (χ2n) is 5.91. The third-order valence-electron chi connectivity index (χ3n) is 4.53. The number of hydrogen-bond acceptors (Lipinski definition) is 3. The zero-order chi connectivity index (χ0) is 13.8. The van der Waals surface area contributed by atoms with Crippen molar-refractivity contribution in [3.8, 4) is 5.75 Å². The van der Waals surface area contributed by atoms with E-state index in [9.17, 15) is 0 Å². The summed E-state index contributed by atoms with van der Waals surface area (Å²) in [6, 6.07) is 8.59. The topological polar surface area (TPSA) is 47.3 Å². The first kappa shape index (κ1) is 13.7. The fourth-order valence-electron chi connectivity index (χ4n) is 3.43. The smallest absolute Gasteiger partial charge is 0.122 e. The van der Waals surface area contributed by atoms with Crippen molar-refractivity contribution in [1.82, 2.24) is 5.43 Å². The molecule has 0 amide bonds. The Labute approximate surface area is 121 Å². The number of nitrogens with one attached hydrogen (secondary N) is 1. The lowest BCUT2D eigenvalue weighted by Crippen LogP contribution is -2.46. The molecule has 1 aliphatic carbocycles. The van der Waals surface area contributed by atoms with E-state index < -0.39 is 0 Å². The molecule has 0 spiro atoms. The Bertz CT molecular complexity index is 484. The number of para-hydroxylation sites is 1. The third-order valence-corrected chi connectivity index (χ3v) is 4.53. The van der Waals surface area contributed by atoms with Gasteiger partial charge in [-0.25, -0.2) is 0 Å². The maximum atomic E-state index is 5.92. The van der Waals surface area contributed by atoms with E-state index in [0.717, 1.165) is 18.8 Å². The summed E-state index contributed by atoms with van der Waals surface area (Å²) in [5, 5.41) is 0. The lowest BCUT2D eigenvalue weighted by molar-refractivity contribution is 0.194. The van der Waals surface area contributed by atoms with E-state index in [-0.39, 0.29) is 6.04 Å². The molecule has 3 N–H and O–H groups in total. The molecule has 0 fully saturated rings. The molecule has 20 heavy (non-hydrogen) atoms. The second-order valence-corrected chi connectivity index (χ2v) is 5.91. The Morgan fingerprint density at radius 1 is 1.20 bits per heavy atom. The van der Waals surface area contributed by atoms with Crippen molar-refractivity contribution in [1.29, 1.82) is 0 Å². The van der Waals surface area contributed by atoms with E-state index in [1.165, 1.54) is 43.2 Å². The van der Waals surface area contributed by atoms with E-state index in [2.05, 4.69) is 29.7 Å². The summed E-state index contributed by atoms with van der Waals surface area (Å²) in [6.07, 6.45) is 9.74. The van der Waals surface area contributed by atoms with Gasteiger partial charge in [0, 0.05) is 12.0 Å². The van der Waals surface area contributed by atoms with E-state index in [4.69, 9.17) is 10.6 Å². The van der Waals surface area contributed by atoms with Crippen LogP contribution in [0.3, 0.4) is 0 Å². The summed E-state index contributed by atoms with van der Waals surface area (Å²) in [5.74, 6) is 7.33. The Kier molecular flexibility index (Phi) is 4.38. The minimum Gasteiger partial charge on any atom is -0.493 e. The molecule has 1 aromatic carbocycles. The van der Waals surface area contributed by atoms with E-state index in [0.29, 0.717) is 5.92 Å². The van der Waals surface area contributed by atoms with Crippen LogP contribution in [0.1, 0.15) is 37.7 Å². The number of rotatable bonds is 3. The van der Waals surface area contributed by atoms with Gasteiger partial charge >= 0.3 is 0 Å². The maximum absolute atomic E-state index is 5.92. The summed E-state index contributed by atoms with van der Waals surface area (Å²) in [7, 11) is 0. The van der Waals surface area contributed by atoms with Crippen LogP contribution in [-0.4, -0.2) is 12.6 Å². The van der Waals surface area contributed by atoms with Gasteiger partial charge in [0.1, 0.15) is 5.75 Å². The summed E-state index contributed by atoms with van der Waals surface area (Å²) in [5.41, 5.74) is 5.84. The van der Waals surface area contributed by atoms with Gasteiger partial charge in [-0.05, 0) is 43.7 Å². The highest BCUT2D eigenvalue weighted by molar-refractivity contribution is 5.36. The lowest BCUT2D eigenvalue weighted by atomic mass is 9.85. The molecule has 3 rings (SSSR count). The molecule has 3 heteroatoms. The molecule has 2 atom stereocenters. The van der Waals surface area contributed by atoms with Gasteiger partial charge < -0.3 is 4.74 Å². The number of hydrogen-bond donors (Lipinski definition) is 2. The minimum absolute atomic E-state index is 0.251. The monoisotopic (exact) mass is 272 g/mol. The van der Waals surface area contributed by atoms with Crippen LogP contribution < -0.4 is 16.0 Å². The summed E-state index contributed by atoms with van der Waals surface area (Å²) >= 11 is 0. The molecule has 2 unspecified atom stereocenters. The standard InChI is InChI=1S/C17H24N2O/c18-19-17(13-7-3-1-2-4-8-13)15-11-14-9-5-6-10-16(14)20-12-15/h5-7,9-10,15,17,19H,1-4,8,11-12,18H2. The normalized spacial score (nSPS) is 24.1. The highest BCUT2D eigenvalue weighted by Gasteiger charge is 2.29. The first-order chi connectivity index (χ1) is 9.88. The zero-order valence-corrected chi connectivity index (χ0v) is 12.0. The number of benzene rings is 1. The fraction of sp³-hybridized carbons (Fsp3) is 0.529. The lowest BCUT2D eigenvalue weighted by Gasteiger charge is -2.32. The molecule has 1 aliphatic heterocycles. The molecule has 0 radical (unpaired) electrons. The molecule has 0 bridgehead atoms.